The average Bonchev–Trinajstić information content (AvgIpc) is 2.28. The van der Waals surface area contributed by atoms with E-state index in [0.29, 0.717) is 0 Å². The Morgan fingerprint density at radius 1 is 1.31 bits per heavy atom. The zero-order chi connectivity index (χ0) is 11.8. The zero-order valence-corrected chi connectivity index (χ0v) is 11.1. The van der Waals surface area contributed by atoms with Crippen LogP contribution >= 0.6 is 11.8 Å². The van der Waals surface area contributed by atoms with Crippen molar-refractivity contribution in [2.45, 2.75) is 19.8 Å². The molecule has 3 heteroatoms. The highest BCUT2D eigenvalue weighted by Gasteiger charge is 2.04. The SMILES string of the molecule is CCCN(CCCSC)c1cccc(N)c1. The smallest absolute Gasteiger partial charge is 0.0386 e. The Hall–Kier alpha value is -0.830. The third-order valence-electron chi connectivity index (χ3n) is 2.51. The molecule has 1 aromatic rings. The number of anilines is 2. The predicted molar refractivity (Wildman–Crippen MR) is 76.4 cm³/mol. The lowest BCUT2D eigenvalue weighted by atomic mass is 10.2. The number of rotatable bonds is 7. The number of thioether (sulfide) groups is 1. The molecule has 0 heterocycles. The molecule has 0 saturated heterocycles. The summed E-state index contributed by atoms with van der Waals surface area (Å²) in [7, 11) is 0. The van der Waals surface area contributed by atoms with Gasteiger partial charge in [0.2, 0.25) is 0 Å². The van der Waals surface area contributed by atoms with Crippen molar-refractivity contribution in [2.24, 2.45) is 0 Å². The van der Waals surface area contributed by atoms with Crippen LogP contribution in [0.5, 0.6) is 0 Å². The van der Waals surface area contributed by atoms with Crippen molar-refractivity contribution in [3.8, 4) is 0 Å². The van der Waals surface area contributed by atoms with Gasteiger partial charge in [-0.2, -0.15) is 11.8 Å². The van der Waals surface area contributed by atoms with Gasteiger partial charge in [0.15, 0.2) is 0 Å². The standard InChI is InChI=1S/C13H22N2S/c1-3-8-15(9-5-10-16-2)13-7-4-6-12(14)11-13/h4,6-7,11H,3,5,8-10,14H2,1-2H3. The lowest BCUT2D eigenvalue weighted by Gasteiger charge is -2.24. The number of nitrogen functional groups attached to an aromatic ring is 1. The molecule has 2 N–H and O–H groups in total. The molecule has 0 saturated carbocycles. The molecular weight excluding hydrogens is 216 g/mol. The summed E-state index contributed by atoms with van der Waals surface area (Å²) in [6, 6.07) is 8.18. The van der Waals surface area contributed by atoms with E-state index < -0.39 is 0 Å². The molecule has 1 rings (SSSR count). The van der Waals surface area contributed by atoms with Gasteiger partial charge in [0.25, 0.3) is 0 Å². The van der Waals surface area contributed by atoms with Crippen LogP contribution in [0.4, 0.5) is 11.4 Å². The number of hydrogen-bond donors (Lipinski definition) is 1. The van der Waals surface area contributed by atoms with Gasteiger partial charge < -0.3 is 10.6 Å². The van der Waals surface area contributed by atoms with Gasteiger partial charge in [0.1, 0.15) is 0 Å². The van der Waals surface area contributed by atoms with E-state index in [-0.39, 0.29) is 0 Å². The Labute approximate surface area is 103 Å². The maximum atomic E-state index is 5.82. The number of nitrogens with two attached hydrogens (primary N) is 1. The van der Waals surface area contributed by atoms with Gasteiger partial charge in [-0.1, -0.05) is 13.0 Å². The van der Waals surface area contributed by atoms with Gasteiger partial charge in [-0.05, 0) is 43.0 Å². The summed E-state index contributed by atoms with van der Waals surface area (Å²) < 4.78 is 0. The fourth-order valence-corrected chi connectivity index (χ4v) is 2.18. The summed E-state index contributed by atoms with van der Waals surface area (Å²) in [4.78, 5) is 2.42. The molecule has 2 nitrogen and oxygen atoms in total. The van der Waals surface area contributed by atoms with E-state index in [1.165, 1.54) is 24.3 Å². The highest BCUT2D eigenvalue weighted by molar-refractivity contribution is 7.98. The summed E-state index contributed by atoms with van der Waals surface area (Å²) >= 11 is 1.91. The predicted octanol–water partition coefficient (Wildman–Crippen LogP) is 3.24. The fourth-order valence-electron chi connectivity index (χ4n) is 1.76. The Balaban J connectivity index is 2.61. The number of hydrogen-bond acceptors (Lipinski definition) is 3. The molecule has 1 aromatic carbocycles. The van der Waals surface area contributed by atoms with Crippen molar-refractivity contribution >= 4 is 23.1 Å². The first-order valence-electron chi connectivity index (χ1n) is 5.87. The van der Waals surface area contributed by atoms with Crippen molar-refractivity contribution in [1.29, 1.82) is 0 Å². The summed E-state index contributed by atoms with van der Waals surface area (Å²) in [6.07, 6.45) is 4.56. The van der Waals surface area contributed by atoms with Gasteiger partial charge in [-0.15, -0.1) is 0 Å². The Morgan fingerprint density at radius 2 is 2.12 bits per heavy atom. The van der Waals surface area contributed by atoms with E-state index in [2.05, 4.69) is 30.2 Å². The Kier molecular flexibility index (Phi) is 6.16. The van der Waals surface area contributed by atoms with Crippen LogP contribution in [0.25, 0.3) is 0 Å². The molecular formula is C13H22N2S. The second-order valence-corrected chi connectivity index (χ2v) is 4.91. The van der Waals surface area contributed by atoms with Gasteiger partial charge >= 0.3 is 0 Å². The molecule has 90 valence electrons. The van der Waals surface area contributed by atoms with Crippen LogP contribution in [0.2, 0.25) is 0 Å². The summed E-state index contributed by atoms with van der Waals surface area (Å²) in [5, 5.41) is 0. The molecule has 0 aliphatic carbocycles. The summed E-state index contributed by atoms with van der Waals surface area (Å²) in [5.74, 6) is 1.22. The van der Waals surface area contributed by atoms with Gasteiger partial charge in [0, 0.05) is 24.5 Å². The topological polar surface area (TPSA) is 29.3 Å². The van der Waals surface area contributed by atoms with Crippen molar-refractivity contribution < 1.29 is 0 Å². The molecule has 0 aromatic heterocycles. The van der Waals surface area contributed by atoms with Crippen molar-refractivity contribution in [2.75, 3.05) is 35.7 Å². The Bertz CT molecular complexity index is 302. The van der Waals surface area contributed by atoms with E-state index in [9.17, 15) is 0 Å². The van der Waals surface area contributed by atoms with Crippen LogP contribution in [0.3, 0.4) is 0 Å². The van der Waals surface area contributed by atoms with E-state index >= 15 is 0 Å². The van der Waals surface area contributed by atoms with Crippen LogP contribution < -0.4 is 10.6 Å². The molecule has 0 fully saturated rings. The van der Waals surface area contributed by atoms with Crippen LogP contribution in [0, 0.1) is 0 Å². The number of benzene rings is 1. The summed E-state index contributed by atoms with van der Waals surface area (Å²) in [6.45, 7) is 4.45. The third kappa shape index (κ3) is 4.35. The van der Waals surface area contributed by atoms with Crippen molar-refractivity contribution in [3.05, 3.63) is 24.3 Å². The average molecular weight is 238 g/mol. The minimum absolute atomic E-state index is 0.850. The third-order valence-corrected chi connectivity index (χ3v) is 3.20. The molecule has 0 spiro atoms. The van der Waals surface area contributed by atoms with Crippen LogP contribution in [-0.2, 0) is 0 Å². The molecule has 16 heavy (non-hydrogen) atoms. The molecule has 0 bridgehead atoms. The van der Waals surface area contributed by atoms with E-state index in [1.807, 2.05) is 23.9 Å². The van der Waals surface area contributed by atoms with Crippen molar-refractivity contribution in [3.63, 3.8) is 0 Å². The quantitative estimate of drug-likeness (QED) is 0.584. The van der Waals surface area contributed by atoms with E-state index in [4.69, 9.17) is 5.73 Å². The maximum Gasteiger partial charge on any atom is 0.0386 e. The van der Waals surface area contributed by atoms with Gasteiger partial charge in [0.05, 0.1) is 0 Å². The lowest BCUT2D eigenvalue weighted by Crippen LogP contribution is -2.25. The van der Waals surface area contributed by atoms with E-state index in [1.54, 1.807) is 0 Å². The minimum Gasteiger partial charge on any atom is -0.399 e. The van der Waals surface area contributed by atoms with Crippen LogP contribution in [0.15, 0.2) is 24.3 Å². The molecule has 0 atom stereocenters. The first-order chi connectivity index (χ1) is 7.77. The normalized spacial score (nSPS) is 10.4. The fraction of sp³-hybridized carbons (Fsp3) is 0.538. The van der Waals surface area contributed by atoms with Crippen molar-refractivity contribution in [1.82, 2.24) is 0 Å². The molecule has 0 aliphatic heterocycles. The first kappa shape index (κ1) is 13.2. The van der Waals surface area contributed by atoms with Gasteiger partial charge in [-0.3, -0.25) is 0 Å². The second kappa shape index (κ2) is 7.44. The molecule has 0 radical (unpaired) electrons. The summed E-state index contributed by atoms with van der Waals surface area (Å²) in [5.41, 5.74) is 7.92. The highest BCUT2D eigenvalue weighted by Crippen LogP contribution is 2.18. The first-order valence-corrected chi connectivity index (χ1v) is 7.26. The maximum absolute atomic E-state index is 5.82. The monoisotopic (exact) mass is 238 g/mol. The number of nitrogens with zero attached hydrogens (tertiary/aromatic N) is 1. The minimum atomic E-state index is 0.850. The molecule has 0 aliphatic rings. The van der Waals surface area contributed by atoms with Crippen LogP contribution in [-0.4, -0.2) is 25.1 Å². The van der Waals surface area contributed by atoms with E-state index in [0.717, 1.165) is 18.8 Å². The molecule has 0 amide bonds. The van der Waals surface area contributed by atoms with Crippen LogP contribution in [0.1, 0.15) is 19.8 Å². The second-order valence-electron chi connectivity index (χ2n) is 3.93. The lowest BCUT2D eigenvalue weighted by molar-refractivity contribution is 0.749. The van der Waals surface area contributed by atoms with Gasteiger partial charge in [-0.25, -0.2) is 0 Å². The zero-order valence-electron chi connectivity index (χ0n) is 10.3. The molecule has 0 unspecified atom stereocenters. The highest BCUT2D eigenvalue weighted by atomic mass is 32.2. The Morgan fingerprint density at radius 3 is 2.75 bits per heavy atom. The largest absolute Gasteiger partial charge is 0.399 e.